The van der Waals surface area contributed by atoms with Gasteiger partial charge in [0.05, 0.1) is 7.11 Å². The monoisotopic (exact) mass is 447 g/mol. The number of hydrogen-bond donors (Lipinski definition) is 2. The lowest BCUT2D eigenvalue weighted by Crippen LogP contribution is -2.38. The lowest BCUT2D eigenvalue weighted by molar-refractivity contribution is -0.140. The number of ether oxygens (including phenoxy) is 1. The molecule has 0 fully saturated rings. The van der Waals surface area contributed by atoms with Crippen molar-refractivity contribution in [1.29, 1.82) is 0 Å². The summed E-state index contributed by atoms with van der Waals surface area (Å²) in [7, 11) is 1.42. The van der Waals surface area contributed by atoms with Crippen molar-refractivity contribution < 1.29 is 9.53 Å². The lowest BCUT2D eigenvalue weighted by atomic mass is 10.0. The Morgan fingerprint density at radius 2 is 1.92 bits per heavy atom. The fraction of sp³-hybridized carbons (Fsp3) is 0.556. The Labute approximate surface area is 162 Å². The van der Waals surface area contributed by atoms with E-state index in [2.05, 4.69) is 58.5 Å². The number of nitrogens with one attached hydrogen (secondary N) is 2. The maximum Gasteiger partial charge on any atom is 0.305 e. The van der Waals surface area contributed by atoms with Crippen LogP contribution in [-0.2, 0) is 9.53 Å². The first kappa shape index (κ1) is 22.7. The fourth-order valence-corrected chi connectivity index (χ4v) is 2.16. The zero-order valence-corrected chi connectivity index (χ0v) is 17.2. The number of carbonyl (C=O) groups is 1. The minimum Gasteiger partial charge on any atom is -0.469 e. The number of unbranched alkanes of at least 4 members (excludes halogenated alkanes) is 1. The Kier molecular flexibility index (Phi) is 13.3. The van der Waals surface area contributed by atoms with Crippen LogP contribution in [0.4, 0.5) is 0 Å². The van der Waals surface area contributed by atoms with E-state index in [0.29, 0.717) is 12.3 Å². The van der Waals surface area contributed by atoms with Crippen molar-refractivity contribution in [1.82, 2.24) is 10.6 Å². The van der Waals surface area contributed by atoms with Gasteiger partial charge >= 0.3 is 5.97 Å². The van der Waals surface area contributed by atoms with Crippen LogP contribution in [0, 0.1) is 0 Å². The number of carbonyl (C=O) groups excluding carboxylic acids is 1. The van der Waals surface area contributed by atoms with Crippen LogP contribution in [-0.4, -0.2) is 38.7 Å². The molecule has 0 aliphatic rings. The van der Waals surface area contributed by atoms with Gasteiger partial charge in [-0.2, -0.15) is 0 Å². The molecular weight excluding hydrogens is 417 g/mol. The summed E-state index contributed by atoms with van der Waals surface area (Å²) < 4.78 is 4.63. The summed E-state index contributed by atoms with van der Waals surface area (Å²) in [5.74, 6) is 1.06. The Morgan fingerprint density at radius 3 is 2.54 bits per heavy atom. The summed E-state index contributed by atoms with van der Waals surface area (Å²) >= 11 is 0. The second-order valence-corrected chi connectivity index (χ2v) is 5.49. The van der Waals surface area contributed by atoms with Crippen molar-refractivity contribution in [3.05, 3.63) is 35.9 Å². The zero-order valence-electron chi connectivity index (χ0n) is 14.9. The molecule has 2 N–H and O–H groups in total. The third-order valence-electron chi connectivity index (χ3n) is 3.56. The molecule has 5 nitrogen and oxygen atoms in total. The van der Waals surface area contributed by atoms with Crippen molar-refractivity contribution in [3.63, 3.8) is 0 Å². The molecule has 24 heavy (non-hydrogen) atoms. The topological polar surface area (TPSA) is 62.7 Å². The van der Waals surface area contributed by atoms with Gasteiger partial charge in [0.25, 0.3) is 0 Å². The highest BCUT2D eigenvalue weighted by Crippen LogP contribution is 2.14. The van der Waals surface area contributed by atoms with Gasteiger partial charge < -0.3 is 15.4 Å². The highest BCUT2D eigenvalue weighted by atomic mass is 127. The minimum absolute atomic E-state index is 0. The number of nitrogens with zero attached hydrogens (tertiary/aromatic N) is 1. The second-order valence-electron chi connectivity index (χ2n) is 5.49. The van der Waals surface area contributed by atoms with E-state index in [4.69, 9.17) is 0 Å². The molecule has 0 saturated heterocycles. The Bertz CT molecular complexity index is 480. The first-order chi connectivity index (χ1) is 11.2. The van der Waals surface area contributed by atoms with Crippen molar-refractivity contribution >= 4 is 35.9 Å². The van der Waals surface area contributed by atoms with Gasteiger partial charge in [0, 0.05) is 32.0 Å². The van der Waals surface area contributed by atoms with E-state index in [-0.39, 0.29) is 29.9 Å². The Balaban J connectivity index is 0.00000529. The Morgan fingerprint density at radius 1 is 1.21 bits per heavy atom. The van der Waals surface area contributed by atoms with E-state index in [1.165, 1.54) is 12.7 Å². The van der Waals surface area contributed by atoms with Gasteiger partial charge in [-0.05, 0) is 25.3 Å². The third-order valence-corrected chi connectivity index (χ3v) is 3.56. The highest BCUT2D eigenvalue weighted by molar-refractivity contribution is 14.0. The fourth-order valence-electron chi connectivity index (χ4n) is 2.16. The molecule has 0 radical (unpaired) electrons. The normalized spacial score (nSPS) is 12.0. The van der Waals surface area contributed by atoms with Crippen LogP contribution in [0.5, 0.6) is 0 Å². The molecule has 0 amide bonds. The Hall–Kier alpha value is -1.31. The number of aliphatic imine (C=N–C) groups is 1. The van der Waals surface area contributed by atoms with Gasteiger partial charge in [0.2, 0.25) is 0 Å². The van der Waals surface area contributed by atoms with Crippen LogP contribution >= 0.6 is 24.0 Å². The van der Waals surface area contributed by atoms with Crippen molar-refractivity contribution in [2.24, 2.45) is 4.99 Å². The maximum absolute atomic E-state index is 11.0. The molecule has 0 aliphatic carbocycles. The van der Waals surface area contributed by atoms with Crippen LogP contribution < -0.4 is 10.6 Å². The van der Waals surface area contributed by atoms with Crippen LogP contribution in [0.2, 0.25) is 0 Å². The van der Waals surface area contributed by atoms with E-state index in [9.17, 15) is 4.79 Å². The van der Waals surface area contributed by atoms with Gasteiger partial charge in [-0.1, -0.05) is 37.3 Å². The summed E-state index contributed by atoms with van der Waals surface area (Å²) in [6.07, 6.45) is 2.20. The number of rotatable bonds is 9. The van der Waals surface area contributed by atoms with Gasteiger partial charge in [0.1, 0.15) is 0 Å². The molecule has 0 aromatic heterocycles. The average molecular weight is 447 g/mol. The number of halogens is 1. The molecule has 1 rings (SSSR count). The first-order valence-corrected chi connectivity index (χ1v) is 8.31. The average Bonchev–Trinajstić information content (AvgIpc) is 2.59. The van der Waals surface area contributed by atoms with Crippen LogP contribution in [0.25, 0.3) is 0 Å². The highest BCUT2D eigenvalue weighted by Gasteiger charge is 2.05. The van der Waals surface area contributed by atoms with E-state index < -0.39 is 0 Å². The summed E-state index contributed by atoms with van der Waals surface area (Å²) in [4.78, 5) is 15.7. The van der Waals surface area contributed by atoms with Crippen molar-refractivity contribution in [2.75, 3.05) is 26.7 Å². The van der Waals surface area contributed by atoms with Crippen LogP contribution in [0.1, 0.15) is 44.6 Å². The molecule has 0 heterocycles. The van der Waals surface area contributed by atoms with E-state index in [0.717, 1.165) is 38.4 Å². The number of esters is 1. The molecule has 0 saturated carbocycles. The third kappa shape index (κ3) is 9.75. The molecule has 1 aromatic carbocycles. The largest absolute Gasteiger partial charge is 0.469 e. The van der Waals surface area contributed by atoms with E-state index in [1.807, 2.05) is 6.07 Å². The van der Waals surface area contributed by atoms with Crippen molar-refractivity contribution in [3.8, 4) is 0 Å². The summed E-state index contributed by atoms with van der Waals surface area (Å²) in [5.41, 5.74) is 1.30. The number of guanidine groups is 1. The van der Waals surface area contributed by atoms with Crippen molar-refractivity contribution in [2.45, 2.75) is 39.0 Å². The SMILES string of the molecule is CCNC(=NCC(C)c1ccccc1)NCCCCC(=O)OC.I. The van der Waals surface area contributed by atoms with Gasteiger partial charge in [0.15, 0.2) is 5.96 Å². The maximum atomic E-state index is 11.0. The summed E-state index contributed by atoms with van der Waals surface area (Å²) in [6, 6.07) is 10.4. The van der Waals surface area contributed by atoms with Gasteiger partial charge in [-0.3, -0.25) is 9.79 Å². The summed E-state index contributed by atoms with van der Waals surface area (Å²) in [5, 5.41) is 6.55. The van der Waals surface area contributed by atoms with Gasteiger partial charge in [-0.15, -0.1) is 24.0 Å². The van der Waals surface area contributed by atoms with Gasteiger partial charge in [-0.25, -0.2) is 0 Å². The molecule has 136 valence electrons. The molecule has 1 unspecified atom stereocenters. The summed E-state index contributed by atoms with van der Waals surface area (Å²) in [6.45, 7) is 6.59. The molecule has 1 atom stereocenters. The number of benzene rings is 1. The standard InChI is InChI=1S/C18H29N3O2.HI/c1-4-19-18(20-13-9-8-12-17(22)23-3)21-14-15(2)16-10-6-5-7-11-16;/h5-7,10-11,15H,4,8-9,12-14H2,1-3H3,(H2,19,20,21);1H. The van der Waals surface area contributed by atoms with Crippen LogP contribution in [0.15, 0.2) is 35.3 Å². The molecule has 1 aromatic rings. The number of hydrogen-bond acceptors (Lipinski definition) is 3. The predicted molar refractivity (Wildman–Crippen MR) is 110 cm³/mol. The van der Waals surface area contributed by atoms with Crippen LogP contribution in [0.3, 0.4) is 0 Å². The second kappa shape index (κ2) is 14.1. The first-order valence-electron chi connectivity index (χ1n) is 8.31. The molecular formula is C18H30IN3O2. The molecule has 0 aliphatic heterocycles. The zero-order chi connectivity index (χ0) is 16.9. The van der Waals surface area contributed by atoms with E-state index in [1.54, 1.807) is 0 Å². The quantitative estimate of drug-likeness (QED) is 0.201. The molecule has 0 bridgehead atoms. The lowest BCUT2D eigenvalue weighted by Gasteiger charge is -2.13. The van der Waals surface area contributed by atoms with E-state index >= 15 is 0 Å². The minimum atomic E-state index is -0.151. The smallest absolute Gasteiger partial charge is 0.305 e. The number of methoxy groups -OCH3 is 1. The molecule has 6 heteroatoms. The molecule has 0 spiro atoms. The predicted octanol–water partition coefficient (Wildman–Crippen LogP) is 3.31.